The summed E-state index contributed by atoms with van der Waals surface area (Å²) in [7, 11) is 0.279. The monoisotopic (exact) mass is 1960 g/mol. The van der Waals surface area contributed by atoms with Crippen LogP contribution in [0.4, 0.5) is 23.5 Å². The molecule has 11 N–H and O–H groups in total. The number of carbonyl (C=O) groups excluding carboxylic acids is 4. The Hall–Kier alpha value is -9.87. The van der Waals surface area contributed by atoms with Crippen LogP contribution in [0.5, 0.6) is 0 Å². The number of ether oxygens (including phenoxy) is 4. The molecule has 9 aromatic heterocycles. The molecule has 46 nitrogen and oxygen atoms in total. The van der Waals surface area contributed by atoms with Gasteiger partial charge in [-0.25, -0.2) is 39.9 Å². The first-order valence-corrected chi connectivity index (χ1v) is 50.7. The van der Waals surface area contributed by atoms with E-state index in [1.807, 2.05) is 36.4 Å². The van der Waals surface area contributed by atoms with Gasteiger partial charge in [0.15, 0.2) is 68.7 Å². The minimum absolute atomic E-state index is 0. The lowest BCUT2D eigenvalue weighted by Crippen LogP contribution is -2.29. The van der Waals surface area contributed by atoms with Gasteiger partial charge in [-0.1, -0.05) is 86.6 Å². The average Bonchev–Trinajstić information content (AvgIpc) is 1.62. The highest BCUT2D eigenvalue weighted by Crippen LogP contribution is 2.58. The first-order valence-electron chi connectivity index (χ1n) is 39.7. The molecule has 0 saturated carbocycles. The van der Waals surface area contributed by atoms with Gasteiger partial charge in [0.2, 0.25) is 23.7 Å². The second-order valence-electron chi connectivity index (χ2n) is 29.8. The fraction of sp³-hybridized carbons (Fsp3) is 0.400. The number of nitriles is 2. The largest absolute Gasteiger partial charge is 0.349 e. The number of imidazole rings is 4. The first-order chi connectivity index (χ1) is 62.1. The Morgan fingerprint density at radius 2 is 0.992 bits per heavy atom. The summed E-state index contributed by atoms with van der Waals surface area (Å²) < 4.78 is 94.1. The van der Waals surface area contributed by atoms with Gasteiger partial charge >= 0.3 is 28.8 Å². The molecule has 18 rings (SSSR count). The van der Waals surface area contributed by atoms with Gasteiger partial charge in [0.1, 0.15) is 49.5 Å². The highest BCUT2D eigenvalue weighted by molar-refractivity contribution is 8.08. The van der Waals surface area contributed by atoms with Gasteiger partial charge in [0, 0.05) is 53.3 Å². The molecule has 684 valence electrons. The van der Waals surface area contributed by atoms with Crippen molar-refractivity contribution in [2.45, 2.75) is 140 Å². The fourth-order valence-electron chi connectivity index (χ4n) is 14.1. The van der Waals surface area contributed by atoms with Gasteiger partial charge in [-0.05, 0) is 82.2 Å². The summed E-state index contributed by atoms with van der Waals surface area (Å²) in [5, 5.41) is 30.1. The van der Waals surface area contributed by atoms with E-state index in [9.17, 15) is 53.9 Å². The van der Waals surface area contributed by atoms with Crippen LogP contribution in [-0.4, -0.2) is 200 Å². The summed E-state index contributed by atoms with van der Waals surface area (Å²) in [5.41, 5.74) is 1.01. The van der Waals surface area contributed by atoms with E-state index in [4.69, 9.17) is 99.6 Å². The third kappa shape index (κ3) is 21.9. The van der Waals surface area contributed by atoms with Crippen molar-refractivity contribution < 1.29 is 93.1 Å². The predicted octanol–water partition coefficient (Wildman–Crippen LogP) is 9.63. The molecule has 6 saturated heterocycles. The number of benzene rings is 3. The van der Waals surface area contributed by atoms with Crippen molar-refractivity contribution in [2.24, 2.45) is 11.8 Å². The van der Waals surface area contributed by atoms with E-state index in [1.165, 1.54) is 57.4 Å². The number of nitrogens with zero attached hydrogens (tertiary/aromatic N) is 16. The lowest BCUT2D eigenvalue weighted by molar-refractivity contribution is -0.119. The van der Waals surface area contributed by atoms with Crippen molar-refractivity contribution in [1.82, 2.24) is 84.2 Å². The predicted molar refractivity (Wildman–Crippen MR) is 478 cm³/mol. The van der Waals surface area contributed by atoms with Crippen molar-refractivity contribution in [3.8, 4) is 12.1 Å². The van der Waals surface area contributed by atoms with E-state index < -0.39 is 120 Å². The lowest BCUT2D eigenvalue weighted by Gasteiger charge is -2.29. The molecule has 0 spiro atoms. The number of carbonyl (C=O) groups is 4. The summed E-state index contributed by atoms with van der Waals surface area (Å²) in [6, 6.07) is 29.0. The van der Waals surface area contributed by atoms with E-state index in [2.05, 4.69) is 81.1 Å². The molecule has 0 aliphatic carbocycles. The Kier molecular flexibility index (Phi) is 30.3. The van der Waals surface area contributed by atoms with E-state index in [0.717, 1.165) is 10.1 Å². The third-order valence-corrected chi connectivity index (χ3v) is 29.7. The Labute approximate surface area is 759 Å². The van der Waals surface area contributed by atoms with Crippen LogP contribution in [0.2, 0.25) is 0 Å². The number of aromatic amines is 2. The quantitative estimate of drug-likeness (QED) is 0.0219. The normalized spacial score (nSPS) is 26.3. The van der Waals surface area contributed by atoms with Gasteiger partial charge in [0.25, 0.3) is 27.7 Å². The minimum atomic E-state index is -4.08. The molecule has 15 heterocycles. The van der Waals surface area contributed by atoms with Crippen LogP contribution in [0.3, 0.4) is 0 Å². The second kappa shape index (κ2) is 41.5. The molecule has 4 amide bonds. The summed E-state index contributed by atoms with van der Waals surface area (Å²) in [5.74, 6) is -2.10. The van der Waals surface area contributed by atoms with Crippen molar-refractivity contribution >= 4 is 187 Å². The zero-order chi connectivity index (χ0) is 90.4. The smallest absolute Gasteiger partial charge is 0.330 e. The van der Waals surface area contributed by atoms with E-state index >= 15 is 0 Å². The van der Waals surface area contributed by atoms with Crippen LogP contribution in [0.15, 0.2) is 137 Å². The van der Waals surface area contributed by atoms with Gasteiger partial charge in [0.05, 0.1) is 120 Å². The number of H-pyrrole nitrogens is 2. The van der Waals surface area contributed by atoms with Gasteiger partial charge in [-0.2, -0.15) is 20.5 Å². The number of anilines is 4. The van der Waals surface area contributed by atoms with Crippen LogP contribution in [0.1, 0.15) is 112 Å². The summed E-state index contributed by atoms with van der Waals surface area (Å²) >= 11 is 17.3. The van der Waals surface area contributed by atoms with Crippen molar-refractivity contribution in [1.29, 1.82) is 10.5 Å². The molecule has 4 bridgehead atoms. The van der Waals surface area contributed by atoms with Gasteiger partial charge in [-0.15, -0.1) is 0 Å². The van der Waals surface area contributed by atoms with Crippen LogP contribution < -0.4 is 43.3 Å². The van der Waals surface area contributed by atoms with Gasteiger partial charge in [-0.3, -0.25) is 72.4 Å². The fourth-order valence-corrected chi connectivity index (χ4v) is 22.7. The van der Waals surface area contributed by atoms with Crippen molar-refractivity contribution in [3.05, 3.63) is 164 Å². The van der Waals surface area contributed by atoms with Crippen molar-refractivity contribution in [2.75, 3.05) is 60.9 Å². The first kappa shape index (κ1) is 94.8. The number of hydrogen-bond acceptors (Lipinski definition) is 40. The SMILES string of the molecule is CC(C)C(=O)Nc1nc2c(ncn2[C@@H]2O[C@@H]3COP(=S)(OCCC#N)O[C@@H]4C[C@H](n5cnc6c(NC(=O)c7ccccc7)ncnc65)O[C@@H]4COP(O)(=S)O[C@H]2C3)c(=O)[nH]1.CC(C)C(=O)Nc1nc2c(ncn2[C@@H]2O[C@@H]3COP(=S)(OCCC#N)O[C@@H]4C[C@H](n5cnc6c(NC(=O)c7ccccc7)ncnc65)O[C@@H]4COP(O)O[C@H]2C3)c(=O)[nH]1.N.O=c1ssc2ccccc12. The summed E-state index contributed by atoms with van der Waals surface area (Å²) in [4.78, 5) is 159. The molecule has 6 fully saturated rings. The Balaban J connectivity index is 0.000000178. The number of rotatable bonds is 18. The minimum Gasteiger partial charge on any atom is -0.349 e. The molecular formula is C75H81N23O23P4S5. The third-order valence-electron chi connectivity index (χ3n) is 20.3. The standard InChI is InChI=1S/C34H37N11O11P2S2.C34H37N11O11P2S.C7H4OS2.H3N/c1-18(2)30(46)42-34-41-29-26(32(48)43-34)39-17-45(29)33-22-11-20(53-33)13-52-58(60,50-10-6-9-35)56-21-12-24(54-23(21)14-51-57(49,59)55-22)44-16-38-25-27(36-15-37-28(25)44)40-31(47)19-7-4-3-5-8-19;1-18(2)30(46)42-34-41-29-26(32(48)43-34)39-17-45(29)33-22-11-20(53-33)13-52-58(59,51-10-6-9-35)56-21-12-24(54-23(21)14-50-57(49)55-22)44-16-38-25-27(36-15-37-28(25)44)40-31(47)19-7-4-3-5-8-19;8-7-5-3-1-2-4-6(5)9-10-7;/h3-5,7-8,15-18,20-24,33H,6,10-14H2,1-2H3,(H,49,59)(H,36,37,40,47)(H2,41,42,43,46,48);3-5,7-8,15-18,20-24,33,49H,6,10-14H2,1-2H3,(H,36,37,40,47)(H2,41,42,43,46,48);1-4H;1H3/t2*20-,21+,22-,23+,24+,33+,57?,58?;;/m00../s1. The Morgan fingerprint density at radius 3 is 1.48 bits per heavy atom. The maximum atomic E-state index is 13.0. The summed E-state index contributed by atoms with van der Waals surface area (Å²) in [6.07, 6.45) is -1.67. The number of aromatic nitrogens is 16. The number of hydrogen-bond donors (Lipinski definition) is 9. The highest BCUT2D eigenvalue weighted by atomic mass is 32.9. The molecule has 3 aromatic carbocycles. The van der Waals surface area contributed by atoms with E-state index in [-0.39, 0.29) is 164 Å². The topological polar surface area (TPSA) is 600 Å². The lowest BCUT2D eigenvalue weighted by atomic mass is 10.2. The molecule has 16 atom stereocenters. The Morgan fingerprint density at radius 1 is 0.538 bits per heavy atom. The van der Waals surface area contributed by atoms with Crippen LogP contribution >= 0.6 is 49.4 Å². The number of nitrogens with one attached hydrogen (secondary N) is 6. The van der Waals surface area contributed by atoms with Gasteiger partial charge < -0.3 is 90.8 Å². The highest BCUT2D eigenvalue weighted by Gasteiger charge is 2.49. The maximum Gasteiger partial charge on any atom is 0.330 e. The zero-order valence-corrected chi connectivity index (χ0v) is 76.4. The van der Waals surface area contributed by atoms with Crippen LogP contribution in [-0.2, 0) is 109 Å². The number of amides is 4. The zero-order valence-electron chi connectivity index (χ0n) is 68.8. The molecule has 12 aromatic rings. The summed E-state index contributed by atoms with van der Waals surface area (Å²) in [6.45, 7) is -5.70. The van der Waals surface area contributed by atoms with Crippen molar-refractivity contribution in [3.63, 3.8) is 0 Å². The van der Waals surface area contributed by atoms with Crippen LogP contribution in [0, 0.1) is 34.5 Å². The maximum absolute atomic E-state index is 13.0. The molecule has 55 heteroatoms. The number of fused-ring (bicyclic) bond motifs is 11. The average molecular weight is 1960 g/mol. The molecule has 0 radical (unpaired) electrons. The Bertz CT molecular complexity index is 6600. The van der Waals surface area contributed by atoms with E-state index in [0.29, 0.717) is 33.5 Å². The van der Waals surface area contributed by atoms with Crippen LogP contribution in [0.25, 0.3) is 54.7 Å². The molecule has 130 heavy (non-hydrogen) atoms. The molecule has 6 aliphatic rings. The second-order valence-corrected chi connectivity index (χ2v) is 41.6. The molecule has 6 aliphatic heterocycles. The molecular weight excluding hydrogens is 1880 g/mol. The molecule has 4 unspecified atom stereocenters. The van der Waals surface area contributed by atoms with E-state index in [1.54, 1.807) is 108 Å².